The molecule has 1 fully saturated rings. The first-order valence-corrected chi connectivity index (χ1v) is 10.8. The van der Waals surface area contributed by atoms with Crippen LogP contribution in [0.4, 0.5) is 13.2 Å². The first kappa shape index (κ1) is 23.4. The van der Waals surface area contributed by atoms with Gasteiger partial charge in [0.1, 0.15) is 5.75 Å². The van der Waals surface area contributed by atoms with Crippen molar-refractivity contribution in [1.82, 2.24) is 14.5 Å². The summed E-state index contributed by atoms with van der Waals surface area (Å²) in [6, 6.07) is 4.21. The number of halogens is 3. The van der Waals surface area contributed by atoms with Gasteiger partial charge in [0.2, 0.25) is 15.9 Å². The number of hydrogen-bond acceptors (Lipinski definition) is 5. The molecule has 1 aromatic rings. The molecule has 1 saturated heterocycles. The van der Waals surface area contributed by atoms with E-state index in [1.54, 1.807) is 0 Å². The predicted molar refractivity (Wildman–Crippen MR) is 101 cm³/mol. The molecular weight excluding hydrogens is 411 g/mol. The number of hydrogen-bond donors (Lipinski definition) is 1. The summed E-state index contributed by atoms with van der Waals surface area (Å²) in [4.78, 5) is 13.8. The van der Waals surface area contributed by atoms with Gasteiger partial charge in [-0.05, 0) is 37.6 Å². The molecule has 11 heteroatoms. The summed E-state index contributed by atoms with van der Waals surface area (Å²) < 4.78 is 67.1. The molecule has 0 saturated carbocycles. The van der Waals surface area contributed by atoms with Crippen LogP contribution in [0, 0.1) is 0 Å². The van der Waals surface area contributed by atoms with Crippen LogP contribution in [0.5, 0.6) is 5.75 Å². The third-order valence-corrected chi connectivity index (χ3v) is 6.44. The third kappa shape index (κ3) is 7.16. The zero-order chi connectivity index (χ0) is 21.7. The van der Waals surface area contributed by atoms with Crippen molar-refractivity contribution in [2.75, 3.05) is 32.7 Å². The maximum Gasteiger partial charge on any atom is 0.573 e. The highest BCUT2D eigenvalue weighted by Crippen LogP contribution is 2.25. The number of piperazine rings is 1. The van der Waals surface area contributed by atoms with Crippen LogP contribution in [-0.4, -0.2) is 68.7 Å². The lowest BCUT2D eigenvalue weighted by Gasteiger charge is -2.33. The SMILES string of the molecule is CCC[C@@H](C)NC(=O)CN1CCN(S(=O)(=O)c2ccc(OC(F)(F)F)cc2)CC1. The Hall–Kier alpha value is -1.85. The monoisotopic (exact) mass is 437 g/mol. The van der Waals surface area contributed by atoms with E-state index < -0.39 is 22.1 Å². The van der Waals surface area contributed by atoms with Gasteiger partial charge >= 0.3 is 6.36 Å². The van der Waals surface area contributed by atoms with E-state index in [9.17, 15) is 26.4 Å². The Kier molecular flexibility index (Phi) is 7.89. The number of carbonyl (C=O) groups is 1. The molecule has 7 nitrogen and oxygen atoms in total. The second-order valence-corrected chi connectivity index (χ2v) is 8.89. The highest BCUT2D eigenvalue weighted by atomic mass is 32.2. The molecular formula is C18H26F3N3O4S. The number of nitrogens with one attached hydrogen (secondary N) is 1. The lowest BCUT2D eigenvalue weighted by Crippen LogP contribution is -2.51. The molecule has 0 unspecified atom stereocenters. The average molecular weight is 437 g/mol. The fraction of sp³-hybridized carbons (Fsp3) is 0.611. The van der Waals surface area contributed by atoms with Crippen LogP contribution in [0.25, 0.3) is 0 Å². The van der Waals surface area contributed by atoms with Gasteiger partial charge < -0.3 is 10.1 Å². The number of alkyl halides is 3. The normalized spacial score (nSPS) is 17.7. The minimum atomic E-state index is -4.84. The molecule has 0 spiro atoms. The highest BCUT2D eigenvalue weighted by Gasteiger charge is 2.32. The number of amides is 1. The first-order chi connectivity index (χ1) is 13.5. The van der Waals surface area contributed by atoms with E-state index in [1.165, 1.54) is 4.31 Å². The fourth-order valence-corrected chi connectivity index (χ4v) is 4.54. The van der Waals surface area contributed by atoms with Crippen molar-refractivity contribution in [1.29, 1.82) is 0 Å². The van der Waals surface area contributed by atoms with Gasteiger partial charge in [-0.3, -0.25) is 9.69 Å². The molecule has 1 aromatic carbocycles. The predicted octanol–water partition coefficient (Wildman–Crippen LogP) is 2.20. The maximum absolute atomic E-state index is 12.7. The molecule has 2 rings (SSSR count). The Morgan fingerprint density at radius 1 is 1.17 bits per heavy atom. The summed E-state index contributed by atoms with van der Waals surface area (Å²) in [5.41, 5.74) is 0. The summed E-state index contributed by atoms with van der Waals surface area (Å²) in [7, 11) is -3.83. The minimum absolute atomic E-state index is 0.0949. The van der Waals surface area contributed by atoms with Crippen molar-refractivity contribution in [2.24, 2.45) is 0 Å². The van der Waals surface area contributed by atoms with Crippen LogP contribution in [0.1, 0.15) is 26.7 Å². The van der Waals surface area contributed by atoms with Gasteiger partial charge in [0.25, 0.3) is 0 Å². The minimum Gasteiger partial charge on any atom is -0.406 e. The highest BCUT2D eigenvalue weighted by molar-refractivity contribution is 7.89. The van der Waals surface area contributed by atoms with E-state index in [0.717, 1.165) is 37.1 Å². The molecule has 0 bridgehead atoms. The molecule has 1 aliphatic heterocycles. The second kappa shape index (κ2) is 9.77. The van der Waals surface area contributed by atoms with Crippen LogP contribution in [0.3, 0.4) is 0 Å². The zero-order valence-electron chi connectivity index (χ0n) is 16.4. The van der Waals surface area contributed by atoms with Crippen molar-refractivity contribution in [3.05, 3.63) is 24.3 Å². The van der Waals surface area contributed by atoms with Gasteiger partial charge in [-0.1, -0.05) is 13.3 Å². The van der Waals surface area contributed by atoms with E-state index in [4.69, 9.17) is 0 Å². The number of nitrogens with zero attached hydrogens (tertiary/aromatic N) is 2. The Balaban J connectivity index is 1.90. The molecule has 29 heavy (non-hydrogen) atoms. The molecule has 1 amide bonds. The van der Waals surface area contributed by atoms with Crippen LogP contribution in [0.2, 0.25) is 0 Å². The lowest BCUT2D eigenvalue weighted by atomic mass is 10.2. The largest absolute Gasteiger partial charge is 0.573 e. The van der Waals surface area contributed by atoms with Gasteiger partial charge in [-0.25, -0.2) is 8.42 Å². The van der Waals surface area contributed by atoms with E-state index in [1.807, 2.05) is 18.7 Å². The Bertz CT molecular complexity index is 777. The number of ether oxygens (including phenoxy) is 1. The molecule has 1 N–H and O–H groups in total. The van der Waals surface area contributed by atoms with E-state index in [-0.39, 0.29) is 36.5 Å². The Labute approximate surface area is 168 Å². The van der Waals surface area contributed by atoms with Crippen molar-refractivity contribution < 1.29 is 31.1 Å². The summed E-state index contributed by atoms with van der Waals surface area (Å²) in [6.45, 7) is 5.36. The topological polar surface area (TPSA) is 79.0 Å². The van der Waals surface area contributed by atoms with Crippen molar-refractivity contribution in [3.63, 3.8) is 0 Å². The second-order valence-electron chi connectivity index (χ2n) is 6.96. The third-order valence-electron chi connectivity index (χ3n) is 4.52. The van der Waals surface area contributed by atoms with Crippen LogP contribution in [-0.2, 0) is 14.8 Å². The lowest BCUT2D eigenvalue weighted by molar-refractivity contribution is -0.274. The van der Waals surface area contributed by atoms with E-state index >= 15 is 0 Å². The molecule has 0 aliphatic carbocycles. The fourth-order valence-electron chi connectivity index (χ4n) is 3.12. The van der Waals surface area contributed by atoms with Gasteiger partial charge in [0.15, 0.2) is 0 Å². The molecule has 164 valence electrons. The average Bonchev–Trinajstić information content (AvgIpc) is 2.61. The summed E-state index contributed by atoms with van der Waals surface area (Å²) >= 11 is 0. The zero-order valence-corrected chi connectivity index (χ0v) is 17.2. The number of sulfonamides is 1. The van der Waals surface area contributed by atoms with Crippen molar-refractivity contribution >= 4 is 15.9 Å². The van der Waals surface area contributed by atoms with Gasteiger partial charge in [-0.2, -0.15) is 4.31 Å². The summed E-state index contributed by atoms with van der Waals surface area (Å²) in [5, 5.41) is 2.91. The standard InChI is InChI=1S/C18H26F3N3O4S/c1-3-4-14(2)22-17(25)13-23-9-11-24(12-10-23)29(26,27)16-7-5-15(6-8-16)28-18(19,20)21/h5-8,14H,3-4,9-13H2,1-2H3,(H,22,25)/t14-/m1/s1. The first-order valence-electron chi connectivity index (χ1n) is 9.39. The van der Waals surface area contributed by atoms with Crippen LogP contribution >= 0.6 is 0 Å². The number of carbonyl (C=O) groups excluding carboxylic acids is 1. The molecule has 1 heterocycles. The molecule has 1 aliphatic rings. The van der Waals surface area contributed by atoms with E-state index in [2.05, 4.69) is 10.1 Å². The smallest absolute Gasteiger partial charge is 0.406 e. The summed E-state index contributed by atoms with van der Waals surface area (Å²) in [6.07, 6.45) is -2.97. The van der Waals surface area contributed by atoms with E-state index in [0.29, 0.717) is 13.1 Å². The van der Waals surface area contributed by atoms with Crippen molar-refractivity contribution in [2.45, 2.75) is 44.0 Å². The number of benzene rings is 1. The summed E-state index contributed by atoms with van der Waals surface area (Å²) in [5.74, 6) is -0.577. The Morgan fingerprint density at radius 2 is 1.76 bits per heavy atom. The van der Waals surface area contributed by atoms with Crippen LogP contribution in [0.15, 0.2) is 29.2 Å². The Morgan fingerprint density at radius 3 is 2.28 bits per heavy atom. The molecule has 0 aromatic heterocycles. The molecule has 1 atom stereocenters. The quantitative estimate of drug-likeness (QED) is 0.675. The van der Waals surface area contributed by atoms with Gasteiger partial charge in [0.05, 0.1) is 11.4 Å². The van der Waals surface area contributed by atoms with Crippen molar-refractivity contribution in [3.8, 4) is 5.75 Å². The van der Waals surface area contributed by atoms with Crippen LogP contribution < -0.4 is 10.1 Å². The number of rotatable bonds is 8. The van der Waals surface area contributed by atoms with Gasteiger partial charge in [-0.15, -0.1) is 13.2 Å². The van der Waals surface area contributed by atoms with Gasteiger partial charge in [0, 0.05) is 32.2 Å². The maximum atomic E-state index is 12.7. The molecule has 0 radical (unpaired) electrons.